The van der Waals surface area contributed by atoms with Crippen LogP contribution in [0.2, 0.25) is 0 Å². The van der Waals surface area contributed by atoms with Gasteiger partial charge in [0.2, 0.25) is 0 Å². The Labute approximate surface area is 89.9 Å². The summed E-state index contributed by atoms with van der Waals surface area (Å²) in [5.41, 5.74) is 1.16. The maximum atomic E-state index is 11.5. The Morgan fingerprint density at radius 2 is 2.00 bits per heavy atom. The van der Waals surface area contributed by atoms with Gasteiger partial charge in [-0.3, -0.25) is 4.79 Å². The van der Waals surface area contributed by atoms with Crippen LogP contribution in [0.15, 0.2) is 30.3 Å². The molecule has 0 bridgehead atoms. The fourth-order valence-corrected chi connectivity index (χ4v) is 1.73. The van der Waals surface area contributed by atoms with E-state index in [0.29, 0.717) is 6.42 Å². The van der Waals surface area contributed by atoms with Gasteiger partial charge in [0.25, 0.3) is 0 Å². The minimum absolute atomic E-state index is 0.00125. The van der Waals surface area contributed by atoms with Gasteiger partial charge >= 0.3 is 0 Å². The average molecular weight is 204 g/mol. The Balaban J connectivity index is 1.80. The number of aliphatic hydroxyl groups is 1. The van der Waals surface area contributed by atoms with E-state index in [4.69, 9.17) is 0 Å². The lowest BCUT2D eigenvalue weighted by molar-refractivity contribution is -0.128. The predicted octanol–water partition coefficient (Wildman–Crippen LogP) is 1.96. The SMILES string of the molecule is O=C(CCc1ccccc1)C(O)C1CC1. The quantitative estimate of drug-likeness (QED) is 0.796. The number of Topliss-reactive ketones (excluding diaryl/α,β-unsaturated/α-hetero) is 1. The van der Waals surface area contributed by atoms with E-state index in [0.717, 1.165) is 24.8 Å². The summed E-state index contributed by atoms with van der Waals surface area (Å²) in [7, 11) is 0. The third kappa shape index (κ3) is 2.90. The van der Waals surface area contributed by atoms with E-state index in [-0.39, 0.29) is 11.7 Å². The fourth-order valence-electron chi connectivity index (χ4n) is 1.73. The van der Waals surface area contributed by atoms with E-state index in [1.165, 1.54) is 0 Å². The molecule has 1 aromatic carbocycles. The largest absolute Gasteiger partial charge is 0.385 e. The molecule has 2 rings (SSSR count). The molecule has 1 saturated carbocycles. The highest BCUT2D eigenvalue weighted by atomic mass is 16.3. The van der Waals surface area contributed by atoms with E-state index >= 15 is 0 Å². The molecule has 0 aromatic heterocycles. The Hall–Kier alpha value is -1.15. The number of aryl methyl sites for hydroxylation is 1. The molecule has 80 valence electrons. The summed E-state index contributed by atoms with van der Waals surface area (Å²) in [5, 5.41) is 9.59. The van der Waals surface area contributed by atoms with E-state index in [9.17, 15) is 9.90 Å². The van der Waals surface area contributed by atoms with Gasteiger partial charge in [0.15, 0.2) is 5.78 Å². The van der Waals surface area contributed by atoms with Crippen molar-refractivity contribution >= 4 is 5.78 Å². The van der Waals surface area contributed by atoms with Crippen molar-refractivity contribution < 1.29 is 9.90 Å². The van der Waals surface area contributed by atoms with Gasteiger partial charge in [0.1, 0.15) is 6.10 Å². The molecule has 0 amide bonds. The van der Waals surface area contributed by atoms with E-state index in [1.54, 1.807) is 0 Å². The van der Waals surface area contributed by atoms with Gasteiger partial charge in [-0.25, -0.2) is 0 Å². The summed E-state index contributed by atoms with van der Waals surface area (Å²) < 4.78 is 0. The standard InChI is InChI=1S/C13H16O2/c14-12(13(15)11-7-8-11)9-6-10-4-2-1-3-5-10/h1-5,11,13,15H,6-9H2. The minimum atomic E-state index is -0.700. The number of hydrogen-bond acceptors (Lipinski definition) is 2. The van der Waals surface area contributed by atoms with Crippen LogP contribution in [0.1, 0.15) is 24.8 Å². The maximum absolute atomic E-state index is 11.5. The lowest BCUT2D eigenvalue weighted by atomic mass is 10.0. The van der Waals surface area contributed by atoms with Crippen LogP contribution in [0.25, 0.3) is 0 Å². The Kier molecular flexibility index (Phi) is 3.17. The molecule has 1 aliphatic rings. The van der Waals surface area contributed by atoms with Crippen LogP contribution in [0.5, 0.6) is 0 Å². The lowest BCUT2D eigenvalue weighted by Crippen LogP contribution is -2.22. The van der Waals surface area contributed by atoms with Crippen LogP contribution in [0.3, 0.4) is 0 Å². The number of carbonyl (C=O) groups is 1. The Bertz CT molecular complexity index is 328. The molecule has 0 heterocycles. The van der Waals surface area contributed by atoms with Crippen LogP contribution >= 0.6 is 0 Å². The van der Waals surface area contributed by atoms with Crippen molar-refractivity contribution in [1.82, 2.24) is 0 Å². The van der Waals surface area contributed by atoms with Crippen molar-refractivity contribution in [3.05, 3.63) is 35.9 Å². The summed E-state index contributed by atoms with van der Waals surface area (Å²) in [6.07, 6.45) is 2.52. The highest BCUT2D eigenvalue weighted by Gasteiger charge is 2.33. The molecule has 1 unspecified atom stereocenters. The molecule has 1 fully saturated rings. The fraction of sp³-hybridized carbons (Fsp3) is 0.462. The molecular weight excluding hydrogens is 188 g/mol. The normalized spacial score (nSPS) is 17.4. The van der Waals surface area contributed by atoms with E-state index in [2.05, 4.69) is 0 Å². The molecule has 0 saturated heterocycles. The van der Waals surface area contributed by atoms with Crippen molar-refractivity contribution in [2.75, 3.05) is 0 Å². The van der Waals surface area contributed by atoms with Crippen LogP contribution in [-0.2, 0) is 11.2 Å². The number of rotatable bonds is 5. The average Bonchev–Trinajstić information content (AvgIpc) is 3.10. The molecule has 2 nitrogen and oxygen atoms in total. The van der Waals surface area contributed by atoms with Crippen molar-refractivity contribution in [3.8, 4) is 0 Å². The number of benzene rings is 1. The van der Waals surface area contributed by atoms with Crippen molar-refractivity contribution in [2.24, 2.45) is 5.92 Å². The topological polar surface area (TPSA) is 37.3 Å². The highest BCUT2D eigenvalue weighted by molar-refractivity contribution is 5.83. The molecule has 0 aliphatic heterocycles. The zero-order valence-electron chi connectivity index (χ0n) is 8.73. The first-order chi connectivity index (χ1) is 7.27. The molecule has 1 aliphatic carbocycles. The molecule has 15 heavy (non-hydrogen) atoms. The van der Waals surface area contributed by atoms with Crippen molar-refractivity contribution in [1.29, 1.82) is 0 Å². The highest BCUT2D eigenvalue weighted by Crippen LogP contribution is 2.33. The summed E-state index contributed by atoms with van der Waals surface area (Å²) >= 11 is 0. The van der Waals surface area contributed by atoms with Crippen LogP contribution in [0.4, 0.5) is 0 Å². The van der Waals surface area contributed by atoms with Crippen molar-refractivity contribution in [3.63, 3.8) is 0 Å². The first-order valence-corrected chi connectivity index (χ1v) is 5.52. The van der Waals surface area contributed by atoms with Crippen LogP contribution in [0, 0.1) is 5.92 Å². The van der Waals surface area contributed by atoms with Gasteiger partial charge in [0.05, 0.1) is 0 Å². The number of carbonyl (C=O) groups excluding carboxylic acids is 1. The molecule has 1 N–H and O–H groups in total. The molecular formula is C13H16O2. The van der Waals surface area contributed by atoms with Crippen molar-refractivity contribution in [2.45, 2.75) is 31.8 Å². The monoisotopic (exact) mass is 204 g/mol. The molecule has 1 aromatic rings. The zero-order chi connectivity index (χ0) is 10.7. The molecule has 1 atom stereocenters. The Morgan fingerprint density at radius 3 is 2.60 bits per heavy atom. The molecule has 0 radical (unpaired) electrons. The van der Waals surface area contributed by atoms with Gasteiger partial charge in [-0.2, -0.15) is 0 Å². The predicted molar refractivity (Wildman–Crippen MR) is 58.5 cm³/mol. The lowest BCUT2D eigenvalue weighted by Gasteiger charge is -2.07. The second-order valence-electron chi connectivity index (χ2n) is 4.23. The smallest absolute Gasteiger partial charge is 0.161 e. The second-order valence-corrected chi connectivity index (χ2v) is 4.23. The second kappa shape index (κ2) is 4.58. The third-order valence-corrected chi connectivity index (χ3v) is 2.90. The number of ketones is 1. The number of aliphatic hydroxyl groups excluding tert-OH is 1. The minimum Gasteiger partial charge on any atom is -0.385 e. The third-order valence-electron chi connectivity index (χ3n) is 2.90. The van der Waals surface area contributed by atoms with Gasteiger partial charge in [-0.15, -0.1) is 0 Å². The first-order valence-electron chi connectivity index (χ1n) is 5.52. The molecule has 2 heteroatoms. The summed E-state index contributed by atoms with van der Waals surface area (Å²) in [6.45, 7) is 0. The first kappa shape index (κ1) is 10.4. The van der Waals surface area contributed by atoms with Crippen LogP contribution in [-0.4, -0.2) is 17.0 Å². The zero-order valence-corrected chi connectivity index (χ0v) is 8.73. The maximum Gasteiger partial charge on any atom is 0.161 e. The van der Waals surface area contributed by atoms with Gasteiger partial charge in [0, 0.05) is 6.42 Å². The van der Waals surface area contributed by atoms with E-state index < -0.39 is 6.10 Å². The summed E-state index contributed by atoms with van der Waals surface area (Å²) in [4.78, 5) is 11.5. The van der Waals surface area contributed by atoms with Gasteiger partial charge < -0.3 is 5.11 Å². The van der Waals surface area contributed by atoms with E-state index in [1.807, 2.05) is 30.3 Å². The summed E-state index contributed by atoms with van der Waals surface area (Å²) in [5.74, 6) is 0.259. The Morgan fingerprint density at radius 1 is 1.33 bits per heavy atom. The number of hydrogen-bond donors (Lipinski definition) is 1. The van der Waals surface area contributed by atoms with Gasteiger partial charge in [-0.1, -0.05) is 30.3 Å². The van der Waals surface area contributed by atoms with Crippen LogP contribution < -0.4 is 0 Å². The molecule has 0 spiro atoms. The summed E-state index contributed by atoms with van der Waals surface area (Å²) in [6, 6.07) is 9.92. The van der Waals surface area contributed by atoms with Gasteiger partial charge in [-0.05, 0) is 30.7 Å².